The number of aromatic nitrogens is 5. The molecule has 0 atom stereocenters. The van der Waals surface area contributed by atoms with E-state index in [-0.39, 0.29) is 51.0 Å². The van der Waals surface area contributed by atoms with Gasteiger partial charge >= 0.3 is 12.2 Å². The van der Waals surface area contributed by atoms with Crippen molar-refractivity contribution in [2.75, 3.05) is 44.9 Å². The van der Waals surface area contributed by atoms with E-state index in [2.05, 4.69) is 294 Å². The summed E-state index contributed by atoms with van der Waals surface area (Å²) in [5.74, 6) is 3.06. The molecule has 12 rings (SSSR count). The van der Waals surface area contributed by atoms with E-state index in [0.717, 1.165) is 106 Å². The van der Waals surface area contributed by atoms with Gasteiger partial charge in [0.05, 0.1) is 66.3 Å². The molecule has 0 bridgehead atoms. The highest BCUT2D eigenvalue weighted by atomic mass is 32.1. The van der Waals surface area contributed by atoms with Gasteiger partial charge in [-0.3, -0.25) is 14.7 Å². The Hall–Kier alpha value is -7.62. The van der Waals surface area contributed by atoms with Gasteiger partial charge in [0.1, 0.15) is 30.3 Å². The normalized spacial score (nSPS) is 15.2. The third-order valence-corrected chi connectivity index (χ3v) is 23.1. The lowest BCUT2D eigenvalue weighted by molar-refractivity contribution is -0.179. The summed E-state index contributed by atoms with van der Waals surface area (Å²) < 4.78 is 67.2. The highest BCUT2D eigenvalue weighted by Gasteiger charge is 2.51. The van der Waals surface area contributed by atoms with E-state index in [1.54, 1.807) is 18.5 Å². The Balaban J connectivity index is 0.000000311. The lowest BCUT2D eigenvalue weighted by Gasteiger charge is -2.30. The minimum atomic E-state index is -4.20. The first-order chi connectivity index (χ1) is 60.6. The molecular formula is C111H175F3N8O8S. The van der Waals surface area contributed by atoms with Crippen LogP contribution < -0.4 is 15.4 Å². The smallest absolute Gasteiger partial charge is 0.411 e. The number of carbonyl (C=O) groups excluding carboxylic acids is 2. The van der Waals surface area contributed by atoms with Gasteiger partial charge in [0.2, 0.25) is 5.95 Å². The molecule has 4 aliphatic rings. The molecule has 1 aliphatic heterocycles. The van der Waals surface area contributed by atoms with E-state index in [1.165, 1.54) is 118 Å². The number of urea groups is 1. The van der Waals surface area contributed by atoms with Crippen LogP contribution in [0.2, 0.25) is 0 Å². The summed E-state index contributed by atoms with van der Waals surface area (Å²) in [6.07, 6.45) is 23.3. The van der Waals surface area contributed by atoms with Gasteiger partial charge in [-0.15, -0.1) is 11.3 Å². The van der Waals surface area contributed by atoms with Crippen LogP contribution in [0.25, 0.3) is 10.8 Å². The second kappa shape index (κ2) is 53.6. The molecule has 1 saturated heterocycles. The topological polar surface area (TPSA) is 185 Å². The summed E-state index contributed by atoms with van der Waals surface area (Å²) in [5, 5.41) is 13.9. The Morgan fingerprint density at radius 3 is 1.57 bits per heavy atom. The van der Waals surface area contributed by atoms with Gasteiger partial charge in [-0.2, -0.15) is 13.2 Å². The van der Waals surface area contributed by atoms with Crippen LogP contribution in [0.4, 0.5) is 29.6 Å². The number of hydrogen-bond acceptors (Lipinski definition) is 15. The van der Waals surface area contributed by atoms with Crippen molar-refractivity contribution in [1.82, 2.24) is 35.3 Å². The van der Waals surface area contributed by atoms with Crippen LogP contribution in [0.5, 0.6) is 5.75 Å². The maximum absolute atomic E-state index is 12.5. The van der Waals surface area contributed by atoms with E-state index in [1.807, 2.05) is 94.6 Å². The number of amides is 3. The fraction of sp³-hybridized carbons (Fsp3) is 0.649. The van der Waals surface area contributed by atoms with E-state index in [9.17, 15) is 22.8 Å². The number of hydrogen-bond donors (Lipinski definition) is 2. The second-order valence-corrected chi connectivity index (χ2v) is 47.9. The molecule has 3 amide bonds. The summed E-state index contributed by atoms with van der Waals surface area (Å²) in [6.45, 7) is 72.5. The average molecular weight is 1840 g/mol. The summed E-state index contributed by atoms with van der Waals surface area (Å²) in [5.41, 5.74) is 10.4. The third kappa shape index (κ3) is 50.0. The predicted molar refractivity (Wildman–Crippen MR) is 541 cm³/mol. The molecule has 131 heavy (non-hydrogen) atoms. The molecule has 8 aromatic rings. The van der Waals surface area contributed by atoms with Crippen LogP contribution in [0, 0.1) is 59.2 Å². The Kier molecular flexibility index (Phi) is 47.4. The number of rotatable bonds is 20. The number of aryl methyl sites for hydroxylation is 3. The van der Waals surface area contributed by atoms with Crippen LogP contribution in [-0.4, -0.2) is 105 Å². The number of fused-ring (bicyclic) bond motifs is 1. The molecular weight excluding hydrogens is 1660 g/mol. The summed E-state index contributed by atoms with van der Waals surface area (Å²) in [6, 6.07) is 39.0. The zero-order chi connectivity index (χ0) is 98.5. The standard InChI is InChI=1S/C17H23NO2.C14H17N3.C14H24N2O2.C13H15N.C13H20O.C12H21NS.C11H22O.C10H20O.C7H13F3O/c1-12-16(13(2)20-18-12)11-19-15-8-6-7-14(9-15)10-17(3,4)5;1-14(2,3)11-6-4-7-12(10-11)17-13-15-8-5-9-16-13;1-13(2,3)9-10-16-11(17)14(15-12(16)18)7-5-4-6-8-14;1-13(2,3)12-11-7-5-4-6-10(11)8-9-14-12;1-13(2,3)9-10-14-11-12-7-5-4-6-8-12;1-8(2)7-10-13-9(3)11(14-10)12(4,5)6;1-11(2,3)9-12-10-7-5-4-6-8-10;1-10(2,3)8-11-9-6-4-5-7-9;1-6(2,3)4-11-5-7(8,9)10/h6-9H,10-11H2,1-5H3;4-10H,1-3H3,(H,15,16,17);4-10H2,1-3H3,(H,15,18);4-9H,1-3H3;4-8H,9-11H2,1-3H3;8H,7H2,1-6H3;10H,4-9H2,1-3H3;9H,4-8H2,1-3H3;4-5H2,1-3H3. The Labute approximate surface area is 795 Å². The highest BCUT2D eigenvalue weighted by molar-refractivity contribution is 7.11. The SMILES string of the molecule is CC(C)(C)CCN1C(=O)NC2(CCCCC2)C1=O.CC(C)(C)CCOCc1ccccc1.CC(C)(C)COC1CCCC1.CC(C)(C)COC1CCCCC1.CC(C)(C)COCC(F)(F)F.CC(C)(C)c1cccc(Nc2ncccn2)c1.CC(C)(C)c1nccc2ccccc12.Cc1nc(CC(C)C)sc1C(C)(C)C.Cc1noc(C)c1COc1cccc(CC(C)(C)C)c1. The van der Waals surface area contributed by atoms with Gasteiger partial charge in [0.25, 0.3) is 5.91 Å². The number of ether oxygens (including phenoxy) is 5. The zero-order valence-corrected chi connectivity index (χ0v) is 88.1. The highest BCUT2D eigenvalue weighted by Crippen LogP contribution is 2.37. The van der Waals surface area contributed by atoms with Crippen molar-refractivity contribution < 1.29 is 51.0 Å². The lowest BCUT2D eigenvalue weighted by atomic mass is 9.81. The van der Waals surface area contributed by atoms with Gasteiger partial charge in [-0.05, 0) is 186 Å². The minimum absolute atomic E-state index is 0.0106. The van der Waals surface area contributed by atoms with Crippen LogP contribution in [0.1, 0.15) is 359 Å². The molecule has 20 heteroatoms. The molecule has 734 valence electrons. The molecule has 4 aromatic carbocycles. The van der Waals surface area contributed by atoms with Gasteiger partial charge in [-0.25, -0.2) is 19.7 Å². The first-order valence-electron chi connectivity index (χ1n) is 48.3. The van der Waals surface area contributed by atoms with Crippen LogP contribution in [-0.2, 0) is 66.0 Å². The number of anilines is 2. The van der Waals surface area contributed by atoms with E-state index < -0.39 is 18.3 Å². The number of thiazole rings is 1. The minimum Gasteiger partial charge on any atom is -0.489 e. The lowest BCUT2D eigenvalue weighted by Crippen LogP contribution is -2.48. The molecule has 16 nitrogen and oxygen atoms in total. The molecule has 5 heterocycles. The number of benzene rings is 4. The molecule has 0 radical (unpaired) electrons. The van der Waals surface area contributed by atoms with Crippen molar-refractivity contribution >= 4 is 45.7 Å². The van der Waals surface area contributed by atoms with Crippen LogP contribution in [0.15, 0.2) is 138 Å². The first kappa shape index (κ1) is 116. The quantitative estimate of drug-likeness (QED) is 0.0542. The van der Waals surface area contributed by atoms with Gasteiger partial charge in [0, 0.05) is 59.5 Å². The Bertz CT molecular complexity index is 4480. The van der Waals surface area contributed by atoms with Gasteiger partial charge in [-0.1, -0.05) is 336 Å². The van der Waals surface area contributed by atoms with Gasteiger partial charge in [0.15, 0.2) is 0 Å². The number of pyridine rings is 1. The monoisotopic (exact) mass is 1840 g/mol. The third-order valence-electron chi connectivity index (χ3n) is 21.5. The zero-order valence-electron chi connectivity index (χ0n) is 87.3. The molecule has 2 N–H and O–H groups in total. The van der Waals surface area contributed by atoms with E-state index in [4.69, 9.17) is 23.5 Å². The second-order valence-electron chi connectivity index (χ2n) is 46.8. The van der Waals surface area contributed by atoms with Crippen molar-refractivity contribution in [1.29, 1.82) is 0 Å². The number of halogens is 3. The fourth-order valence-electron chi connectivity index (χ4n) is 14.5. The Morgan fingerprint density at radius 1 is 0.527 bits per heavy atom. The summed E-state index contributed by atoms with van der Waals surface area (Å²) >= 11 is 1.88. The summed E-state index contributed by atoms with van der Waals surface area (Å²) in [7, 11) is 0. The largest absolute Gasteiger partial charge is 0.489 e. The van der Waals surface area contributed by atoms with Crippen molar-refractivity contribution in [3.8, 4) is 5.75 Å². The number of carbonyl (C=O) groups is 2. The first-order valence-corrected chi connectivity index (χ1v) is 49.1. The predicted octanol–water partition coefficient (Wildman–Crippen LogP) is 30.8. The van der Waals surface area contributed by atoms with Crippen molar-refractivity contribution in [3.63, 3.8) is 0 Å². The molecule has 0 unspecified atom stereocenters. The molecule has 4 aromatic heterocycles. The summed E-state index contributed by atoms with van der Waals surface area (Å²) in [4.78, 5) is 44.7. The number of alkyl halides is 3. The maximum atomic E-state index is 12.5. The number of imide groups is 1. The number of nitrogens with zero attached hydrogens (tertiary/aromatic N) is 6. The van der Waals surface area contributed by atoms with E-state index in [0.29, 0.717) is 53.5 Å². The average Bonchev–Trinajstić information content (AvgIpc) is 1.62. The maximum Gasteiger partial charge on any atom is 0.411 e. The fourth-order valence-corrected chi connectivity index (χ4v) is 15.9. The van der Waals surface area contributed by atoms with Crippen molar-refractivity contribution in [2.24, 2.45) is 38.4 Å². The van der Waals surface area contributed by atoms with Crippen LogP contribution in [0.3, 0.4) is 0 Å². The van der Waals surface area contributed by atoms with Crippen molar-refractivity contribution in [3.05, 3.63) is 189 Å². The number of nitrogens with one attached hydrogen (secondary N) is 2. The molecule has 1 spiro atoms. The molecule has 3 saturated carbocycles. The van der Waals surface area contributed by atoms with Crippen molar-refractivity contribution in [2.45, 2.75) is 391 Å². The molecule has 3 aliphatic carbocycles. The van der Waals surface area contributed by atoms with E-state index >= 15 is 0 Å². The van der Waals surface area contributed by atoms with Gasteiger partial charge < -0.3 is 38.8 Å². The Morgan fingerprint density at radius 2 is 1.07 bits per heavy atom. The molecule has 4 fully saturated rings. The van der Waals surface area contributed by atoms with Crippen LogP contribution >= 0.6 is 11.3 Å².